The predicted octanol–water partition coefficient (Wildman–Crippen LogP) is 5.08. The minimum absolute atomic E-state index is 0.245. The molecule has 162 valence electrons. The summed E-state index contributed by atoms with van der Waals surface area (Å²) in [7, 11) is -1.89. The van der Waals surface area contributed by atoms with Crippen molar-refractivity contribution >= 4 is 21.4 Å². The number of hydrogen-bond donors (Lipinski definition) is 1. The molecule has 0 radical (unpaired) electrons. The van der Waals surface area contributed by atoms with Gasteiger partial charge in [0, 0.05) is 31.6 Å². The van der Waals surface area contributed by atoms with Crippen molar-refractivity contribution < 1.29 is 13.2 Å². The number of nitrogens with one attached hydrogen (secondary N) is 1. The van der Waals surface area contributed by atoms with E-state index in [0.29, 0.717) is 11.8 Å². The van der Waals surface area contributed by atoms with Gasteiger partial charge in [-0.3, -0.25) is 4.72 Å². The number of aryl methyl sites for hydroxylation is 1. The van der Waals surface area contributed by atoms with Crippen LogP contribution in [0.5, 0.6) is 0 Å². The molecule has 4 rings (SSSR count). The summed E-state index contributed by atoms with van der Waals surface area (Å²) in [5.74, 6) is 0. The second-order valence-electron chi connectivity index (χ2n) is 7.97. The number of piperidine rings is 1. The van der Waals surface area contributed by atoms with Crippen LogP contribution in [0.25, 0.3) is 11.1 Å². The fourth-order valence-corrected chi connectivity index (χ4v) is 5.01. The Morgan fingerprint density at radius 3 is 2.19 bits per heavy atom. The van der Waals surface area contributed by atoms with Gasteiger partial charge in [0.15, 0.2) is 0 Å². The first kappa shape index (κ1) is 21.4. The predicted molar refractivity (Wildman–Crippen MR) is 126 cm³/mol. The molecule has 0 unspecified atom stereocenters. The van der Waals surface area contributed by atoms with Crippen molar-refractivity contribution in [2.45, 2.75) is 30.8 Å². The monoisotopic (exact) mass is 436 g/mol. The van der Waals surface area contributed by atoms with Gasteiger partial charge in [-0.25, -0.2) is 8.42 Å². The number of hydrogen-bond acceptors (Lipinski definition) is 4. The van der Waals surface area contributed by atoms with Crippen LogP contribution in [-0.2, 0) is 14.8 Å². The van der Waals surface area contributed by atoms with Gasteiger partial charge in [0.25, 0.3) is 10.0 Å². The maximum atomic E-state index is 12.8. The molecule has 6 heteroatoms. The zero-order valence-electron chi connectivity index (χ0n) is 17.9. The second kappa shape index (κ2) is 9.12. The number of methoxy groups -OCH3 is 1. The first-order chi connectivity index (χ1) is 14.9. The molecule has 1 N–H and O–H groups in total. The Bertz CT molecular complexity index is 1120. The highest BCUT2D eigenvalue weighted by atomic mass is 32.2. The van der Waals surface area contributed by atoms with Gasteiger partial charge < -0.3 is 9.64 Å². The average Bonchev–Trinajstić information content (AvgIpc) is 2.79. The number of nitrogens with zero attached hydrogens (tertiary/aromatic N) is 1. The standard InChI is InChI=1S/C25H28N2O3S/c1-19-4-3-5-21(18-19)20-6-12-25(13-7-20)31(28,29)26-22-8-10-23(11-9-22)27-16-14-24(30-2)15-17-27/h3-13,18,24,26H,14-17H2,1-2H3. The molecular weight excluding hydrogens is 408 g/mol. The molecular formula is C25H28N2O3S. The molecule has 1 heterocycles. The van der Waals surface area contributed by atoms with Crippen LogP contribution >= 0.6 is 0 Å². The molecule has 3 aromatic carbocycles. The molecule has 0 aliphatic carbocycles. The Hall–Kier alpha value is -2.83. The van der Waals surface area contributed by atoms with Crippen LogP contribution in [0.1, 0.15) is 18.4 Å². The van der Waals surface area contributed by atoms with Crippen LogP contribution in [0.3, 0.4) is 0 Å². The van der Waals surface area contributed by atoms with E-state index in [9.17, 15) is 8.42 Å². The highest BCUT2D eigenvalue weighted by Gasteiger charge is 2.19. The largest absolute Gasteiger partial charge is 0.381 e. The van der Waals surface area contributed by atoms with Crippen molar-refractivity contribution in [1.29, 1.82) is 0 Å². The molecule has 0 atom stereocenters. The molecule has 0 saturated carbocycles. The van der Waals surface area contributed by atoms with Crippen molar-refractivity contribution in [1.82, 2.24) is 0 Å². The van der Waals surface area contributed by atoms with Gasteiger partial charge >= 0.3 is 0 Å². The number of benzene rings is 3. The van der Waals surface area contributed by atoms with E-state index in [1.165, 1.54) is 5.56 Å². The van der Waals surface area contributed by atoms with Gasteiger partial charge in [0.1, 0.15) is 0 Å². The Morgan fingerprint density at radius 1 is 0.903 bits per heavy atom. The van der Waals surface area contributed by atoms with E-state index in [2.05, 4.69) is 15.7 Å². The van der Waals surface area contributed by atoms with Gasteiger partial charge in [-0.2, -0.15) is 0 Å². The minimum atomic E-state index is -3.65. The fraction of sp³-hybridized carbons (Fsp3) is 0.280. The van der Waals surface area contributed by atoms with Gasteiger partial charge in [-0.1, -0.05) is 42.0 Å². The van der Waals surface area contributed by atoms with Gasteiger partial charge in [0.2, 0.25) is 0 Å². The summed E-state index contributed by atoms with van der Waals surface area (Å²) in [5.41, 5.74) is 4.88. The molecule has 1 aliphatic rings. The van der Waals surface area contributed by atoms with Crippen molar-refractivity contribution in [2.24, 2.45) is 0 Å². The molecule has 0 spiro atoms. The fourth-order valence-electron chi connectivity index (χ4n) is 3.96. The summed E-state index contributed by atoms with van der Waals surface area (Å²) in [4.78, 5) is 2.55. The Labute approximate surface area is 184 Å². The zero-order valence-corrected chi connectivity index (χ0v) is 18.7. The lowest BCUT2D eigenvalue weighted by molar-refractivity contribution is 0.0819. The maximum Gasteiger partial charge on any atom is 0.261 e. The molecule has 0 aromatic heterocycles. The van der Waals surface area contributed by atoms with Crippen LogP contribution in [0.2, 0.25) is 0 Å². The molecule has 0 bridgehead atoms. The van der Waals surface area contributed by atoms with Crippen LogP contribution in [0.4, 0.5) is 11.4 Å². The molecule has 1 aliphatic heterocycles. The lowest BCUT2D eigenvalue weighted by Crippen LogP contribution is -2.36. The molecule has 3 aromatic rings. The Kier molecular flexibility index (Phi) is 6.30. The van der Waals surface area contributed by atoms with E-state index in [-0.39, 0.29) is 4.90 Å². The Balaban J connectivity index is 1.44. The highest BCUT2D eigenvalue weighted by Crippen LogP contribution is 2.26. The van der Waals surface area contributed by atoms with Crippen LogP contribution in [0.15, 0.2) is 77.7 Å². The summed E-state index contributed by atoms with van der Waals surface area (Å²) in [5, 5.41) is 0. The van der Waals surface area contributed by atoms with E-state index in [1.54, 1.807) is 19.2 Å². The molecule has 1 fully saturated rings. The quantitative estimate of drug-likeness (QED) is 0.586. The van der Waals surface area contributed by atoms with Crippen LogP contribution in [0, 0.1) is 6.92 Å². The number of sulfonamides is 1. The van der Waals surface area contributed by atoms with E-state index >= 15 is 0 Å². The van der Waals surface area contributed by atoms with Crippen molar-refractivity contribution in [3.8, 4) is 11.1 Å². The van der Waals surface area contributed by atoms with Crippen LogP contribution < -0.4 is 9.62 Å². The highest BCUT2D eigenvalue weighted by molar-refractivity contribution is 7.92. The zero-order chi connectivity index (χ0) is 21.8. The number of rotatable bonds is 6. The van der Waals surface area contributed by atoms with Gasteiger partial charge in [-0.15, -0.1) is 0 Å². The van der Waals surface area contributed by atoms with E-state index in [0.717, 1.165) is 42.7 Å². The van der Waals surface area contributed by atoms with Crippen LogP contribution in [-0.4, -0.2) is 34.7 Å². The Morgan fingerprint density at radius 2 is 1.58 bits per heavy atom. The molecule has 0 amide bonds. The first-order valence-electron chi connectivity index (χ1n) is 10.5. The van der Waals surface area contributed by atoms with E-state index < -0.39 is 10.0 Å². The summed E-state index contributed by atoms with van der Waals surface area (Å²) in [6.45, 7) is 3.92. The topological polar surface area (TPSA) is 58.6 Å². The summed E-state index contributed by atoms with van der Waals surface area (Å²) < 4.78 is 33.8. The van der Waals surface area contributed by atoms with Crippen molar-refractivity contribution in [3.05, 3.63) is 78.4 Å². The van der Waals surface area contributed by atoms with Gasteiger partial charge in [-0.05, 0) is 67.3 Å². The second-order valence-corrected chi connectivity index (χ2v) is 9.65. The summed E-state index contributed by atoms with van der Waals surface area (Å²) in [6.07, 6.45) is 2.34. The minimum Gasteiger partial charge on any atom is -0.381 e. The SMILES string of the molecule is COC1CCN(c2ccc(NS(=O)(=O)c3ccc(-c4cccc(C)c4)cc3)cc2)CC1. The molecule has 31 heavy (non-hydrogen) atoms. The summed E-state index contributed by atoms with van der Waals surface area (Å²) in [6, 6.07) is 22.7. The first-order valence-corrected chi connectivity index (χ1v) is 12.0. The summed E-state index contributed by atoms with van der Waals surface area (Å²) >= 11 is 0. The lowest BCUT2D eigenvalue weighted by atomic mass is 10.0. The molecule has 5 nitrogen and oxygen atoms in total. The van der Waals surface area contributed by atoms with Crippen molar-refractivity contribution in [3.63, 3.8) is 0 Å². The normalized spacial score (nSPS) is 15.1. The average molecular weight is 437 g/mol. The maximum absolute atomic E-state index is 12.8. The van der Waals surface area contributed by atoms with E-state index in [4.69, 9.17) is 4.74 Å². The van der Waals surface area contributed by atoms with Gasteiger partial charge in [0.05, 0.1) is 11.0 Å². The molecule has 1 saturated heterocycles. The number of anilines is 2. The number of ether oxygens (including phenoxy) is 1. The van der Waals surface area contributed by atoms with E-state index in [1.807, 2.05) is 61.5 Å². The third kappa shape index (κ3) is 5.09. The lowest BCUT2D eigenvalue weighted by Gasteiger charge is -2.33. The van der Waals surface area contributed by atoms with Crippen molar-refractivity contribution in [2.75, 3.05) is 29.8 Å². The third-order valence-corrected chi connectivity index (χ3v) is 7.17. The third-order valence-electron chi connectivity index (χ3n) is 5.78. The smallest absolute Gasteiger partial charge is 0.261 e.